The molecule has 8 aliphatic carbocycles. The fraction of sp³-hybridized carbons (Fsp3) is 1.00. The summed E-state index contributed by atoms with van der Waals surface area (Å²) in [7, 11) is 0. The van der Waals surface area contributed by atoms with Crippen molar-refractivity contribution in [2.75, 3.05) is 0 Å². The molecule has 0 N–H and O–H groups in total. The maximum absolute atomic E-state index is 13.1. The molecule has 0 unspecified atom stereocenters. The quantitative estimate of drug-likeness (QED) is 0.510. The molecule has 0 amide bonds. The third kappa shape index (κ3) is 2.38. The molecule has 0 saturated heterocycles. The number of hydrogen-bond acceptors (Lipinski definition) is 3. The maximum atomic E-state index is 13.1. The van der Waals surface area contributed by atoms with E-state index in [4.69, 9.17) is 7.14 Å². The first-order valence-corrected chi connectivity index (χ1v) is 13.9. The Morgan fingerprint density at radius 1 is 0.542 bits per heavy atom. The van der Waals surface area contributed by atoms with Gasteiger partial charge in [0, 0.05) is 0 Å². The number of rotatable bonds is 2. The van der Waals surface area contributed by atoms with Crippen molar-refractivity contribution in [3.8, 4) is 0 Å². The zero-order valence-corrected chi connectivity index (χ0v) is 17.3. The molecule has 24 heavy (non-hydrogen) atoms. The van der Waals surface area contributed by atoms with Crippen LogP contribution in [-0.4, -0.2) is 11.1 Å². The van der Waals surface area contributed by atoms with Gasteiger partial charge in [0.15, 0.2) is 0 Å². The molecule has 0 aromatic heterocycles. The first kappa shape index (κ1) is 15.2. The van der Waals surface area contributed by atoms with Crippen molar-refractivity contribution in [1.29, 1.82) is 0 Å². The van der Waals surface area contributed by atoms with E-state index in [1.165, 1.54) is 77.0 Å². The van der Waals surface area contributed by atoms with Gasteiger partial charge < -0.3 is 0 Å². The van der Waals surface area contributed by atoms with E-state index in [-0.39, 0.29) is 11.1 Å². The van der Waals surface area contributed by atoms with Gasteiger partial charge in [0.25, 0.3) is 0 Å². The second-order valence-corrected chi connectivity index (χ2v) is 13.4. The standard InChI is InChI=1S/2C10H15N.O.Re/c2*11-10-4-7-1-8(5-10)3-9(2-7)6-10;;/h2*7-9H,1-6H2;;. The van der Waals surface area contributed by atoms with E-state index in [1.807, 2.05) is 0 Å². The van der Waals surface area contributed by atoms with Gasteiger partial charge >= 0.3 is 151 Å². The van der Waals surface area contributed by atoms with Crippen LogP contribution in [-0.2, 0) is 19.8 Å². The Kier molecular flexibility index (Phi) is 3.20. The molecule has 8 fully saturated rings. The molecule has 8 saturated carbocycles. The third-order valence-corrected chi connectivity index (χ3v) is 12.1. The van der Waals surface area contributed by atoms with E-state index >= 15 is 0 Å². The predicted octanol–water partition coefficient (Wildman–Crippen LogP) is 5.25. The zero-order chi connectivity index (χ0) is 15.9. The van der Waals surface area contributed by atoms with Crippen LogP contribution in [0.5, 0.6) is 0 Å². The molecule has 8 aliphatic rings. The molecule has 0 heterocycles. The van der Waals surface area contributed by atoms with E-state index in [9.17, 15) is 3.47 Å². The molecule has 0 aliphatic heterocycles. The van der Waals surface area contributed by atoms with Gasteiger partial charge in [-0.15, -0.1) is 0 Å². The summed E-state index contributed by atoms with van der Waals surface area (Å²) < 4.78 is 23.4. The minimum absolute atomic E-state index is 0.117. The molecule has 0 spiro atoms. The SMILES string of the molecule is [O]=[Re](=[N]C12CC3CC(CC(C3)C1)C2)=[N]C12CC3CC(CC(C3)C1)C2. The topological polar surface area (TPSA) is 41.8 Å². The van der Waals surface area contributed by atoms with E-state index in [2.05, 4.69) is 0 Å². The average Bonchev–Trinajstić information content (AvgIpc) is 2.42. The summed E-state index contributed by atoms with van der Waals surface area (Å²) in [6, 6.07) is 0. The van der Waals surface area contributed by atoms with Gasteiger partial charge in [0.05, 0.1) is 0 Å². The van der Waals surface area contributed by atoms with Crippen molar-refractivity contribution >= 4 is 0 Å². The van der Waals surface area contributed by atoms with Crippen LogP contribution in [0.15, 0.2) is 7.14 Å². The Morgan fingerprint density at radius 2 is 0.792 bits per heavy atom. The monoisotopic (exact) mass is 501 g/mol. The van der Waals surface area contributed by atoms with Gasteiger partial charge in [-0.25, -0.2) is 0 Å². The first-order valence-electron chi connectivity index (χ1n) is 10.4. The van der Waals surface area contributed by atoms with Crippen LogP contribution in [0.3, 0.4) is 0 Å². The number of nitrogens with zero attached hydrogens (tertiary/aromatic N) is 2. The summed E-state index contributed by atoms with van der Waals surface area (Å²) in [5, 5.41) is 0. The van der Waals surface area contributed by atoms with Crippen LogP contribution in [0, 0.1) is 35.5 Å². The molecular weight excluding hydrogens is 470 g/mol. The predicted molar refractivity (Wildman–Crippen MR) is 87.3 cm³/mol. The van der Waals surface area contributed by atoms with Gasteiger partial charge in [-0.1, -0.05) is 0 Å². The Hall–Kier alpha value is 0.0623. The van der Waals surface area contributed by atoms with Gasteiger partial charge in [0.2, 0.25) is 0 Å². The van der Waals surface area contributed by atoms with Gasteiger partial charge in [-0.3, -0.25) is 0 Å². The van der Waals surface area contributed by atoms with Crippen molar-refractivity contribution in [3.05, 3.63) is 0 Å². The normalized spacial score (nSPS) is 56.5. The molecule has 0 aromatic carbocycles. The molecule has 0 aromatic rings. The Balaban J connectivity index is 1.33. The molecule has 0 atom stereocenters. The second-order valence-electron chi connectivity index (χ2n) is 10.7. The van der Waals surface area contributed by atoms with E-state index < -0.39 is 16.3 Å². The van der Waals surface area contributed by atoms with Crippen LogP contribution in [0.4, 0.5) is 0 Å². The van der Waals surface area contributed by atoms with Crippen molar-refractivity contribution in [1.82, 2.24) is 0 Å². The fourth-order valence-electron chi connectivity index (χ4n) is 8.66. The Labute approximate surface area is 150 Å². The van der Waals surface area contributed by atoms with Crippen LogP contribution < -0.4 is 0 Å². The Morgan fingerprint density at radius 3 is 1.04 bits per heavy atom. The van der Waals surface area contributed by atoms with E-state index in [0.717, 1.165) is 35.5 Å². The molecule has 3 nitrogen and oxygen atoms in total. The van der Waals surface area contributed by atoms with Crippen LogP contribution in [0.25, 0.3) is 0 Å². The molecule has 133 valence electrons. The van der Waals surface area contributed by atoms with Gasteiger partial charge in [-0.2, -0.15) is 0 Å². The minimum atomic E-state index is -3.03. The third-order valence-electron chi connectivity index (χ3n) is 8.51. The number of hydrogen-bond donors (Lipinski definition) is 0. The van der Waals surface area contributed by atoms with Crippen molar-refractivity contribution in [2.45, 2.75) is 88.1 Å². The average molecular weight is 501 g/mol. The molecule has 8 bridgehead atoms. The van der Waals surface area contributed by atoms with Crippen molar-refractivity contribution in [3.63, 3.8) is 0 Å². The molecule has 0 radical (unpaired) electrons. The van der Waals surface area contributed by atoms with Crippen LogP contribution in [0.1, 0.15) is 77.0 Å². The Bertz CT molecular complexity index is 583. The molecule has 4 heteroatoms. The summed E-state index contributed by atoms with van der Waals surface area (Å²) in [6.07, 6.45) is 16.1. The summed E-state index contributed by atoms with van der Waals surface area (Å²) in [4.78, 5) is 0. The van der Waals surface area contributed by atoms with E-state index in [1.54, 1.807) is 0 Å². The van der Waals surface area contributed by atoms with E-state index in [0.29, 0.717) is 0 Å². The summed E-state index contributed by atoms with van der Waals surface area (Å²) in [5.74, 6) is 5.38. The summed E-state index contributed by atoms with van der Waals surface area (Å²) >= 11 is -3.03. The van der Waals surface area contributed by atoms with Crippen LogP contribution in [0.2, 0.25) is 0 Å². The summed E-state index contributed by atoms with van der Waals surface area (Å²) in [5.41, 5.74) is 0.234. The van der Waals surface area contributed by atoms with Crippen molar-refractivity contribution in [2.24, 2.45) is 42.7 Å². The first-order chi connectivity index (χ1) is 11.6. The van der Waals surface area contributed by atoms with Gasteiger partial charge in [0.1, 0.15) is 0 Å². The van der Waals surface area contributed by atoms with Crippen molar-refractivity contribution < 1.29 is 19.8 Å². The fourth-order valence-corrected chi connectivity index (χ4v) is 12.5. The summed E-state index contributed by atoms with van der Waals surface area (Å²) in [6.45, 7) is 0. The van der Waals surface area contributed by atoms with Gasteiger partial charge in [-0.05, 0) is 0 Å². The zero-order valence-electron chi connectivity index (χ0n) is 14.6. The van der Waals surface area contributed by atoms with Crippen LogP contribution >= 0.6 is 0 Å². The molecular formula is C20H30N2ORe. The molecule has 8 rings (SSSR count). The second kappa shape index (κ2) is 5.07.